The zero-order valence-corrected chi connectivity index (χ0v) is 10.1. The molecule has 1 aromatic carbocycles. The Bertz CT molecular complexity index is 493. The fourth-order valence-corrected chi connectivity index (χ4v) is 1.77. The molecule has 72 valence electrons. The number of carbonyl (C=O) groups is 1. The molecule has 0 aliphatic rings. The van der Waals surface area contributed by atoms with E-state index in [1.54, 1.807) is 6.07 Å². The molecule has 0 bridgehead atoms. The van der Waals surface area contributed by atoms with Crippen LogP contribution in [-0.2, 0) is 0 Å². The number of rotatable bonds is 2. The molecule has 3 nitrogen and oxygen atoms in total. The first kappa shape index (κ1) is 9.86. The van der Waals surface area contributed by atoms with Crippen molar-refractivity contribution in [3.63, 3.8) is 0 Å². The van der Waals surface area contributed by atoms with Crippen molar-refractivity contribution in [3.8, 4) is 0 Å². The van der Waals surface area contributed by atoms with Gasteiger partial charge in [0, 0.05) is 0 Å². The van der Waals surface area contributed by atoms with Crippen molar-refractivity contribution in [3.05, 3.63) is 28.6 Å². The summed E-state index contributed by atoms with van der Waals surface area (Å²) in [6, 6.07) is 5.49. The molecular weight excluding hydrogens is 314 g/mol. The van der Waals surface area contributed by atoms with Crippen molar-refractivity contribution in [2.45, 2.75) is 0 Å². The van der Waals surface area contributed by atoms with E-state index in [-0.39, 0.29) is 17.0 Å². The Morgan fingerprint density at radius 1 is 1.50 bits per heavy atom. The van der Waals surface area contributed by atoms with E-state index in [4.69, 9.17) is 4.42 Å². The summed E-state index contributed by atoms with van der Waals surface area (Å²) in [5.41, 5.74) is 1.29. The molecule has 5 heteroatoms. The predicted octanol–water partition coefficient (Wildman–Crippen LogP) is 3.17. The summed E-state index contributed by atoms with van der Waals surface area (Å²) in [7, 11) is 0. The van der Waals surface area contributed by atoms with Crippen molar-refractivity contribution in [1.29, 1.82) is 0 Å². The Labute approximate surface area is 96.8 Å². The van der Waals surface area contributed by atoms with Crippen LogP contribution < -0.4 is 0 Å². The van der Waals surface area contributed by atoms with E-state index in [0.717, 1.165) is 4.47 Å². The number of hydrogen-bond donors (Lipinski definition) is 0. The molecule has 0 atom stereocenters. The van der Waals surface area contributed by atoms with Crippen LogP contribution >= 0.6 is 31.9 Å². The highest BCUT2D eigenvalue weighted by molar-refractivity contribution is 9.10. The molecule has 2 rings (SSSR count). The van der Waals surface area contributed by atoms with E-state index in [9.17, 15) is 4.79 Å². The smallest absolute Gasteiger partial charge is 0.265 e. The first-order valence-corrected chi connectivity index (χ1v) is 5.78. The lowest BCUT2D eigenvalue weighted by molar-refractivity contribution is 0.0989. The number of Topliss-reactive ketones (excluding diaryl/α,β-unsaturated/α-hetero) is 1. The highest BCUT2D eigenvalue weighted by Crippen LogP contribution is 2.24. The van der Waals surface area contributed by atoms with E-state index in [0.29, 0.717) is 11.1 Å². The van der Waals surface area contributed by atoms with Gasteiger partial charge in [-0.05, 0) is 28.1 Å². The van der Waals surface area contributed by atoms with Crippen LogP contribution in [0.4, 0.5) is 0 Å². The number of ketones is 1. The molecule has 0 spiro atoms. The first-order chi connectivity index (χ1) is 6.72. The Hall–Kier alpha value is -0.680. The van der Waals surface area contributed by atoms with Gasteiger partial charge in [-0.25, -0.2) is 4.98 Å². The third-order valence-corrected chi connectivity index (χ3v) is 2.86. The normalized spacial score (nSPS) is 10.7. The van der Waals surface area contributed by atoms with E-state index < -0.39 is 0 Å². The summed E-state index contributed by atoms with van der Waals surface area (Å²) >= 11 is 6.39. The lowest BCUT2D eigenvalue weighted by Crippen LogP contribution is -1.99. The second-order valence-corrected chi connectivity index (χ2v) is 4.08. The summed E-state index contributed by atoms with van der Waals surface area (Å²) in [6.07, 6.45) is 0. The van der Waals surface area contributed by atoms with E-state index >= 15 is 0 Å². The standard InChI is InChI=1S/C9H5Br2NO2/c10-4-7(13)9-12-6-3-1-2-5(11)8(6)14-9/h1-3H,4H2. The van der Waals surface area contributed by atoms with Crippen LogP contribution in [0.2, 0.25) is 0 Å². The molecule has 0 radical (unpaired) electrons. The van der Waals surface area contributed by atoms with Gasteiger partial charge in [0.05, 0.1) is 9.80 Å². The largest absolute Gasteiger partial charge is 0.432 e. The SMILES string of the molecule is O=C(CBr)c1nc2cccc(Br)c2o1. The van der Waals surface area contributed by atoms with Gasteiger partial charge in [-0.2, -0.15) is 0 Å². The maximum absolute atomic E-state index is 11.3. The van der Waals surface area contributed by atoms with Crippen LogP contribution in [0.3, 0.4) is 0 Å². The van der Waals surface area contributed by atoms with Crippen LogP contribution in [0.1, 0.15) is 10.7 Å². The number of hydrogen-bond acceptors (Lipinski definition) is 3. The highest BCUT2D eigenvalue weighted by Gasteiger charge is 2.13. The van der Waals surface area contributed by atoms with Gasteiger partial charge in [-0.1, -0.05) is 22.0 Å². The van der Waals surface area contributed by atoms with Gasteiger partial charge in [0.15, 0.2) is 5.58 Å². The highest BCUT2D eigenvalue weighted by atomic mass is 79.9. The molecule has 0 saturated carbocycles. The van der Waals surface area contributed by atoms with E-state index in [1.807, 2.05) is 12.1 Å². The third-order valence-electron chi connectivity index (χ3n) is 1.73. The van der Waals surface area contributed by atoms with Crippen LogP contribution in [0, 0.1) is 0 Å². The van der Waals surface area contributed by atoms with Gasteiger partial charge >= 0.3 is 0 Å². The van der Waals surface area contributed by atoms with Gasteiger partial charge < -0.3 is 4.42 Å². The monoisotopic (exact) mass is 317 g/mol. The number of oxazole rings is 1. The molecule has 14 heavy (non-hydrogen) atoms. The van der Waals surface area contributed by atoms with Crippen molar-refractivity contribution in [1.82, 2.24) is 4.98 Å². The van der Waals surface area contributed by atoms with Crippen molar-refractivity contribution >= 4 is 48.7 Å². The molecule has 0 unspecified atom stereocenters. The summed E-state index contributed by atoms with van der Waals surface area (Å²) in [6.45, 7) is 0. The summed E-state index contributed by atoms with van der Waals surface area (Å²) in [4.78, 5) is 15.3. The van der Waals surface area contributed by atoms with Crippen LogP contribution in [0.25, 0.3) is 11.1 Å². The van der Waals surface area contributed by atoms with Crippen molar-refractivity contribution in [2.75, 3.05) is 5.33 Å². The van der Waals surface area contributed by atoms with Crippen LogP contribution in [0.15, 0.2) is 27.1 Å². The second-order valence-electron chi connectivity index (χ2n) is 2.66. The molecule has 0 N–H and O–H groups in total. The van der Waals surface area contributed by atoms with Crippen LogP contribution in [-0.4, -0.2) is 16.1 Å². The number of para-hydroxylation sites is 1. The second kappa shape index (κ2) is 3.82. The van der Waals surface area contributed by atoms with Crippen LogP contribution in [0.5, 0.6) is 0 Å². The molecule has 0 aliphatic carbocycles. The number of nitrogens with zero attached hydrogens (tertiary/aromatic N) is 1. The molecule has 2 aromatic rings. The minimum atomic E-state index is -0.159. The Kier molecular flexibility index (Phi) is 2.69. The third kappa shape index (κ3) is 1.62. The fourth-order valence-electron chi connectivity index (χ4n) is 1.09. The van der Waals surface area contributed by atoms with Gasteiger partial charge in [0.2, 0.25) is 5.78 Å². The summed E-state index contributed by atoms with van der Waals surface area (Å²) in [5.74, 6) is -0.0168. The van der Waals surface area contributed by atoms with Gasteiger partial charge in [0.1, 0.15) is 5.52 Å². The minimum Gasteiger partial charge on any atom is -0.432 e. The fraction of sp³-hybridized carbons (Fsp3) is 0.111. The molecule has 0 amide bonds. The van der Waals surface area contributed by atoms with Gasteiger partial charge in [0.25, 0.3) is 5.89 Å². The number of alkyl halides is 1. The average molecular weight is 319 g/mol. The average Bonchev–Trinajstić information content (AvgIpc) is 2.62. The number of aromatic nitrogens is 1. The topological polar surface area (TPSA) is 43.1 Å². The molecule has 1 heterocycles. The first-order valence-electron chi connectivity index (χ1n) is 3.86. The summed E-state index contributed by atoms with van der Waals surface area (Å²) < 4.78 is 6.12. The Morgan fingerprint density at radius 3 is 2.93 bits per heavy atom. The maximum Gasteiger partial charge on any atom is 0.265 e. The number of halogens is 2. The molecule has 0 fully saturated rings. The number of benzene rings is 1. The molecular formula is C9H5Br2NO2. The lowest BCUT2D eigenvalue weighted by Gasteiger charge is -1.88. The number of carbonyl (C=O) groups excluding carboxylic acids is 1. The van der Waals surface area contributed by atoms with Gasteiger partial charge in [-0.3, -0.25) is 4.79 Å². The summed E-state index contributed by atoms with van der Waals surface area (Å²) in [5, 5.41) is 0.220. The number of fused-ring (bicyclic) bond motifs is 1. The van der Waals surface area contributed by atoms with E-state index in [2.05, 4.69) is 36.8 Å². The lowest BCUT2D eigenvalue weighted by atomic mass is 10.3. The Balaban J connectivity index is 2.62. The zero-order chi connectivity index (χ0) is 10.1. The molecule has 0 aliphatic heterocycles. The molecule has 1 aromatic heterocycles. The minimum absolute atomic E-state index is 0.142. The quantitative estimate of drug-likeness (QED) is 0.631. The predicted molar refractivity (Wildman–Crippen MR) is 59.8 cm³/mol. The molecule has 0 saturated heterocycles. The maximum atomic E-state index is 11.3. The van der Waals surface area contributed by atoms with Crippen molar-refractivity contribution < 1.29 is 9.21 Å². The van der Waals surface area contributed by atoms with Crippen molar-refractivity contribution in [2.24, 2.45) is 0 Å². The Morgan fingerprint density at radius 2 is 2.29 bits per heavy atom. The van der Waals surface area contributed by atoms with E-state index in [1.165, 1.54) is 0 Å². The zero-order valence-electron chi connectivity index (χ0n) is 6.96. The van der Waals surface area contributed by atoms with Gasteiger partial charge in [-0.15, -0.1) is 0 Å².